The van der Waals surface area contributed by atoms with E-state index in [9.17, 15) is 4.79 Å². The molecule has 1 amide bonds. The molecule has 0 radical (unpaired) electrons. The standard InChI is InChI=1S/C19H15ClN2OS/c20-15-8-3-6-14(11-15)18-21-16(12-24-18)19(23)22-10-4-7-13-5-1-2-9-17(13)22/h1-3,5-6,8-9,11-12H,4,7,10H2. The van der Waals surface area contributed by atoms with Crippen LogP contribution in [0.25, 0.3) is 10.6 Å². The second kappa shape index (κ2) is 6.38. The fourth-order valence-electron chi connectivity index (χ4n) is 3.01. The van der Waals surface area contributed by atoms with E-state index in [1.165, 1.54) is 16.9 Å². The Kier molecular flexibility index (Phi) is 4.08. The summed E-state index contributed by atoms with van der Waals surface area (Å²) in [4.78, 5) is 19.3. The minimum Gasteiger partial charge on any atom is -0.307 e. The van der Waals surface area contributed by atoms with E-state index >= 15 is 0 Å². The predicted molar refractivity (Wildman–Crippen MR) is 99.0 cm³/mol. The van der Waals surface area contributed by atoms with Gasteiger partial charge in [0.1, 0.15) is 10.7 Å². The summed E-state index contributed by atoms with van der Waals surface area (Å²) in [7, 11) is 0. The lowest BCUT2D eigenvalue weighted by atomic mass is 10.0. The molecule has 3 nitrogen and oxygen atoms in total. The summed E-state index contributed by atoms with van der Waals surface area (Å²) in [6.07, 6.45) is 2.00. The molecule has 1 aliphatic heterocycles. The quantitative estimate of drug-likeness (QED) is 0.644. The highest BCUT2D eigenvalue weighted by Crippen LogP contribution is 2.30. The molecule has 1 aromatic heterocycles. The van der Waals surface area contributed by atoms with Crippen LogP contribution in [0.3, 0.4) is 0 Å². The highest BCUT2D eigenvalue weighted by Gasteiger charge is 2.25. The smallest absolute Gasteiger partial charge is 0.277 e. The van der Waals surface area contributed by atoms with Gasteiger partial charge in [0.2, 0.25) is 0 Å². The van der Waals surface area contributed by atoms with Crippen molar-refractivity contribution in [2.24, 2.45) is 0 Å². The van der Waals surface area contributed by atoms with Crippen molar-refractivity contribution in [2.75, 3.05) is 11.4 Å². The zero-order valence-corrected chi connectivity index (χ0v) is 14.5. The molecule has 1 aliphatic rings. The topological polar surface area (TPSA) is 33.2 Å². The fraction of sp³-hybridized carbons (Fsp3) is 0.158. The summed E-state index contributed by atoms with van der Waals surface area (Å²) < 4.78 is 0. The van der Waals surface area contributed by atoms with Gasteiger partial charge >= 0.3 is 0 Å². The Morgan fingerprint density at radius 3 is 2.92 bits per heavy atom. The zero-order valence-electron chi connectivity index (χ0n) is 12.9. The summed E-state index contributed by atoms with van der Waals surface area (Å²) in [6, 6.07) is 15.6. The van der Waals surface area contributed by atoms with E-state index in [0.717, 1.165) is 35.6 Å². The first-order chi connectivity index (χ1) is 11.7. The highest BCUT2D eigenvalue weighted by atomic mass is 35.5. The molecule has 4 rings (SSSR count). The number of nitrogens with zero attached hydrogens (tertiary/aromatic N) is 2. The molecule has 0 bridgehead atoms. The number of para-hydroxylation sites is 1. The van der Waals surface area contributed by atoms with Crippen LogP contribution in [0.15, 0.2) is 53.9 Å². The van der Waals surface area contributed by atoms with Gasteiger partial charge in [0.15, 0.2) is 0 Å². The van der Waals surface area contributed by atoms with Gasteiger partial charge in [-0.25, -0.2) is 4.98 Å². The first kappa shape index (κ1) is 15.4. The Morgan fingerprint density at radius 1 is 1.17 bits per heavy atom. The number of carbonyl (C=O) groups is 1. The molecule has 0 saturated carbocycles. The lowest BCUT2D eigenvalue weighted by Crippen LogP contribution is -2.35. The second-order valence-electron chi connectivity index (χ2n) is 5.74. The molecular weight excluding hydrogens is 340 g/mol. The molecule has 0 fully saturated rings. The summed E-state index contributed by atoms with van der Waals surface area (Å²) in [5.74, 6) is -0.0355. The average Bonchev–Trinajstić information content (AvgIpc) is 3.11. The number of amides is 1. The van der Waals surface area contributed by atoms with Crippen molar-refractivity contribution in [3.8, 4) is 10.6 Å². The van der Waals surface area contributed by atoms with Gasteiger partial charge in [-0.1, -0.05) is 41.9 Å². The van der Waals surface area contributed by atoms with Gasteiger partial charge in [-0.15, -0.1) is 11.3 Å². The number of benzene rings is 2. The van der Waals surface area contributed by atoms with Crippen molar-refractivity contribution in [3.05, 3.63) is 70.2 Å². The molecule has 120 valence electrons. The molecule has 0 aliphatic carbocycles. The van der Waals surface area contributed by atoms with Gasteiger partial charge in [0.25, 0.3) is 5.91 Å². The lowest BCUT2D eigenvalue weighted by Gasteiger charge is -2.28. The summed E-state index contributed by atoms with van der Waals surface area (Å²) >= 11 is 7.51. The van der Waals surface area contributed by atoms with Crippen molar-refractivity contribution >= 4 is 34.5 Å². The molecule has 0 spiro atoms. The van der Waals surface area contributed by atoms with Crippen LogP contribution in [0.2, 0.25) is 5.02 Å². The number of hydrogen-bond donors (Lipinski definition) is 0. The zero-order chi connectivity index (χ0) is 16.5. The molecular formula is C19H15ClN2OS. The monoisotopic (exact) mass is 354 g/mol. The number of aromatic nitrogens is 1. The third-order valence-corrected chi connectivity index (χ3v) is 5.28. The minimum atomic E-state index is -0.0355. The van der Waals surface area contributed by atoms with Crippen LogP contribution >= 0.6 is 22.9 Å². The van der Waals surface area contributed by atoms with E-state index in [1.807, 2.05) is 52.7 Å². The minimum absolute atomic E-state index is 0.0355. The van der Waals surface area contributed by atoms with E-state index in [1.54, 1.807) is 0 Å². The van der Waals surface area contributed by atoms with E-state index in [0.29, 0.717) is 10.7 Å². The number of fused-ring (bicyclic) bond motifs is 1. The van der Waals surface area contributed by atoms with Crippen molar-refractivity contribution < 1.29 is 4.79 Å². The van der Waals surface area contributed by atoms with Gasteiger partial charge in [-0.3, -0.25) is 4.79 Å². The van der Waals surface area contributed by atoms with Crippen LogP contribution in [0.5, 0.6) is 0 Å². The molecule has 3 aromatic rings. The third kappa shape index (κ3) is 2.83. The first-order valence-electron chi connectivity index (χ1n) is 7.83. The maximum Gasteiger partial charge on any atom is 0.277 e. The van der Waals surface area contributed by atoms with E-state index in [-0.39, 0.29) is 5.91 Å². The number of aryl methyl sites for hydroxylation is 1. The van der Waals surface area contributed by atoms with Crippen LogP contribution in [0, 0.1) is 0 Å². The van der Waals surface area contributed by atoms with Crippen molar-refractivity contribution in [3.63, 3.8) is 0 Å². The summed E-state index contributed by atoms with van der Waals surface area (Å²) in [5, 5.41) is 3.31. The van der Waals surface area contributed by atoms with Crippen LogP contribution < -0.4 is 4.90 Å². The highest BCUT2D eigenvalue weighted by molar-refractivity contribution is 7.13. The van der Waals surface area contributed by atoms with Crippen LogP contribution in [-0.4, -0.2) is 17.4 Å². The molecule has 0 saturated heterocycles. The number of halogens is 1. The fourth-order valence-corrected chi connectivity index (χ4v) is 3.99. The molecule has 2 aromatic carbocycles. The van der Waals surface area contributed by atoms with Crippen molar-refractivity contribution in [2.45, 2.75) is 12.8 Å². The number of anilines is 1. The van der Waals surface area contributed by atoms with Gasteiger partial charge in [0, 0.05) is 28.2 Å². The molecule has 5 heteroatoms. The Hall–Kier alpha value is -2.17. The summed E-state index contributed by atoms with van der Waals surface area (Å²) in [5.41, 5.74) is 3.66. The van der Waals surface area contributed by atoms with Crippen LogP contribution in [-0.2, 0) is 6.42 Å². The molecule has 0 atom stereocenters. The van der Waals surface area contributed by atoms with E-state index < -0.39 is 0 Å². The van der Waals surface area contributed by atoms with Gasteiger partial charge in [-0.05, 0) is 36.6 Å². The Bertz CT molecular complexity index is 906. The molecule has 0 unspecified atom stereocenters. The lowest BCUT2D eigenvalue weighted by molar-refractivity contribution is 0.0981. The van der Waals surface area contributed by atoms with Crippen LogP contribution in [0.1, 0.15) is 22.5 Å². The Balaban J connectivity index is 1.65. The van der Waals surface area contributed by atoms with E-state index in [4.69, 9.17) is 11.6 Å². The molecule has 24 heavy (non-hydrogen) atoms. The van der Waals surface area contributed by atoms with Crippen molar-refractivity contribution in [1.82, 2.24) is 4.98 Å². The largest absolute Gasteiger partial charge is 0.307 e. The third-order valence-electron chi connectivity index (χ3n) is 4.15. The average molecular weight is 355 g/mol. The maximum atomic E-state index is 12.9. The number of thiazole rings is 1. The number of rotatable bonds is 2. The van der Waals surface area contributed by atoms with Gasteiger partial charge < -0.3 is 4.90 Å². The number of carbonyl (C=O) groups excluding carboxylic acids is 1. The second-order valence-corrected chi connectivity index (χ2v) is 7.03. The molecule has 0 N–H and O–H groups in total. The maximum absolute atomic E-state index is 12.9. The normalized spacial score (nSPS) is 13.6. The van der Waals surface area contributed by atoms with Crippen molar-refractivity contribution in [1.29, 1.82) is 0 Å². The first-order valence-corrected chi connectivity index (χ1v) is 9.09. The van der Waals surface area contributed by atoms with Crippen LogP contribution in [0.4, 0.5) is 5.69 Å². The Morgan fingerprint density at radius 2 is 2.04 bits per heavy atom. The predicted octanol–water partition coefficient (Wildman–Crippen LogP) is 5.06. The SMILES string of the molecule is O=C(c1csc(-c2cccc(Cl)c2)n1)N1CCCc2ccccc21. The van der Waals surface area contributed by atoms with Gasteiger partial charge in [-0.2, -0.15) is 0 Å². The van der Waals surface area contributed by atoms with E-state index in [2.05, 4.69) is 11.1 Å². The summed E-state index contributed by atoms with van der Waals surface area (Å²) in [6.45, 7) is 0.736. The number of hydrogen-bond acceptors (Lipinski definition) is 3. The Labute approximate surface area is 149 Å². The molecule has 2 heterocycles. The van der Waals surface area contributed by atoms with Gasteiger partial charge in [0.05, 0.1) is 0 Å².